The summed E-state index contributed by atoms with van der Waals surface area (Å²) < 4.78 is 32.1. The topological polar surface area (TPSA) is 106 Å². The SMILES string of the molecule is CCOP(=O)(OCC)C(C#N)(O[Si](C)(C)C)C(Cc1ccccc1)N1C(=O)c2ccccc2C1=O. The first kappa shape index (κ1) is 27.0. The quantitative estimate of drug-likeness (QED) is 0.230. The molecule has 0 fully saturated rings. The predicted molar refractivity (Wildman–Crippen MR) is 135 cm³/mol. The van der Waals surface area contributed by atoms with E-state index in [4.69, 9.17) is 13.5 Å². The minimum absolute atomic E-state index is 0.0179. The molecule has 0 spiro atoms. The average molecular weight is 515 g/mol. The molecule has 0 radical (unpaired) electrons. The second-order valence-electron chi connectivity index (χ2n) is 9.09. The van der Waals surface area contributed by atoms with E-state index in [2.05, 4.69) is 6.07 Å². The summed E-state index contributed by atoms with van der Waals surface area (Å²) in [4.78, 5) is 28.2. The average Bonchev–Trinajstić information content (AvgIpc) is 3.06. The molecule has 0 saturated carbocycles. The Morgan fingerprint density at radius 2 is 1.43 bits per heavy atom. The van der Waals surface area contributed by atoms with Crippen molar-refractivity contribution in [2.24, 2.45) is 0 Å². The van der Waals surface area contributed by atoms with Gasteiger partial charge >= 0.3 is 7.60 Å². The third kappa shape index (κ3) is 5.18. The molecule has 0 N–H and O–H groups in total. The zero-order valence-corrected chi connectivity index (χ0v) is 22.6. The molecule has 1 aliphatic rings. The maximum absolute atomic E-state index is 14.4. The number of hydrogen-bond donors (Lipinski definition) is 0. The van der Waals surface area contributed by atoms with Gasteiger partial charge in [0.05, 0.1) is 30.4 Å². The van der Waals surface area contributed by atoms with Crippen LogP contribution in [0.15, 0.2) is 54.6 Å². The molecule has 0 aromatic heterocycles. The van der Waals surface area contributed by atoms with Crippen LogP contribution < -0.4 is 0 Å². The van der Waals surface area contributed by atoms with E-state index in [9.17, 15) is 19.4 Å². The highest BCUT2D eigenvalue weighted by Gasteiger charge is 2.64. The molecule has 35 heavy (non-hydrogen) atoms. The molecule has 2 aromatic rings. The van der Waals surface area contributed by atoms with Gasteiger partial charge in [0.1, 0.15) is 6.07 Å². The van der Waals surface area contributed by atoms with Crippen LogP contribution in [0.4, 0.5) is 0 Å². The summed E-state index contributed by atoms with van der Waals surface area (Å²) in [5.41, 5.74) is 1.17. The van der Waals surface area contributed by atoms with Gasteiger partial charge in [-0.05, 0) is 57.6 Å². The Kier molecular flexibility index (Phi) is 8.15. The van der Waals surface area contributed by atoms with E-state index in [0.29, 0.717) is 0 Å². The summed E-state index contributed by atoms with van der Waals surface area (Å²) in [6, 6.07) is 16.4. The number of fused-ring (bicyclic) bond motifs is 1. The highest BCUT2D eigenvalue weighted by molar-refractivity contribution is 7.56. The Hall–Kier alpha value is -2.60. The summed E-state index contributed by atoms with van der Waals surface area (Å²) in [6.07, 6.45) is 0.0223. The standard InChI is InChI=1S/C25H31N2O6PSi/c1-6-31-34(30,32-7-2)25(18-26,33-35(3,4)5)22(17-19-13-9-8-10-14-19)27-23(28)20-15-11-12-16-21(20)24(27)29/h8-16,22H,6-7,17H2,1-5H3. The Bertz CT molecular complexity index is 1130. The highest BCUT2D eigenvalue weighted by Crippen LogP contribution is 2.64. The number of carbonyl (C=O) groups excluding carboxylic acids is 2. The van der Waals surface area contributed by atoms with Crippen LogP contribution in [0.5, 0.6) is 0 Å². The van der Waals surface area contributed by atoms with Crippen molar-refractivity contribution in [3.05, 3.63) is 71.3 Å². The monoisotopic (exact) mass is 514 g/mol. The number of amides is 2. The van der Waals surface area contributed by atoms with Gasteiger partial charge < -0.3 is 13.5 Å². The molecule has 2 unspecified atom stereocenters. The van der Waals surface area contributed by atoms with Gasteiger partial charge in [-0.1, -0.05) is 42.5 Å². The first-order valence-electron chi connectivity index (χ1n) is 11.5. The summed E-state index contributed by atoms with van der Waals surface area (Å²) in [5, 5.41) is 8.45. The second-order valence-corrected chi connectivity index (χ2v) is 15.7. The molecule has 186 valence electrons. The van der Waals surface area contributed by atoms with Crippen molar-refractivity contribution in [3.63, 3.8) is 0 Å². The van der Waals surface area contributed by atoms with Gasteiger partial charge in [0, 0.05) is 0 Å². The number of benzene rings is 2. The zero-order valence-electron chi connectivity index (χ0n) is 20.7. The van der Waals surface area contributed by atoms with Crippen LogP contribution in [0.1, 0.15) is 40.1 Å². The highest BCUT2D eigenvalue weighted by atomic mass is 31.2. The number of nitrogens with zero attached hydrogens (tertiary/aromatic N) is 2. The number of hydrogen-bond acceptors (Lipinski definition) is 7. The van der Waals surface area contributed by atoms with E-state index in [1.165, 1.54) is 0 Å². The van der Waals surface area contributed by atoms with Crippen LogP contribution in [0.25, 0.3) is 0 Å². The van der Waals surface area contributed by atoms with Crippen LogP contribution in [0.3, 0.4) is 0 Å². The largest absolute Gasteiger partial charge is 0.389 e. The lowest BCUT2D eigenvalue weighted by Gasteiger charge is -2.44. The van der Waals surface area contributed by atoms with Gasteiger partial charge in [0.15, 0.2) is 8.32 Å². The van der Waals surface area contributed by atoms with Crippen molar-refractivity contribution in [1.29, 1.82) is 5.26 Å². The van der Waals surface area contributed by atoms with Crippen molar-refractivity contribution in [1.82, 2.24) is 4.90 Å². The van der Waals surface area contributed by atoms with Crippen LogP contribution in [-0.2, 0) is 24.5 Å². The van der Waals surface area contributed by atoms with Crippen LogP contribution in [0, 0.1) is 11.3 Å². The fourth-order valence-corrected chi connectivity index (χ4v) is 8.45. The van der Waals surface area contributed by atoms with E-state index in [-0.39, 0.29) is 30.8 Å². The zero-order chi connectivity index (χ0) is 25.9. The summed E-state index contributed by atoms with van der Waals surface area (Å²) in [5.74, 6) is -1.16. The molecule has 1 aliphatic heterocycles. The van der Waals surface area contributed by atoms with E-state index in [0.717, 1.165) is 10.5 Å². The van der Waals surface area contributed by atoms with Crippen molar-refractivity contribution in [2.75, 3.05) is 13.2 Å². The minimum Gasteiger partial charge on any atom is -0.389 e. The van der Waals surface area contributed by atoms with Crippen molar-refractivity contribution in [3.8, 4) is 6.07 Å². The van der Waals surface area contributed by atoms with E-state index < -0.39 is 39.1 Å². The third-order valence-electron chi connectivity index (χ3n) is 5.49. The van der Waals surface area contributed by atoms with Gasteiger partial charge in [0.25, 0.3) is 17.2 Å². The third-order valence-corrected chi connectivity index (χ3v) is 9.09. The first-order chi connectivity index (χ1) is 16.5. The van der Waals surface area contributed by atoms with Crippen molar-refractivity contribution < 1.29 is 27.6 Å². The molecule has 2 amide bonds. The number of imide groups is 1. The van der Waals surface area contributed by atoms with Crippen molar-refractivity contribution >= 4 is 27.7 Å². The molecular weight excluding hydrogens is 483 g/mol. The predicted octanol–water partition coefficient (Wildman–Crippen LogP) is 5.23. The van der Waals surface area contributed by atoms with Gasteiger partial charge in [-0.2, -0.15) is 5.26 Å². The van der Waals surface area contributed by atoms with Crippen LogP contribution >= 0.6 is 7.60 Å². The van der Waals surface area contributed by atoms with E-state index >= 15 is 0 Å². The molecule has 8 nitrogen and oxygen atoms in total. The van der Waals surface area contributed by atoms with Gasteiger partial charge in [-0.3, -0.25) is 19.1 Å². The van der Waals surface area contributed by atoms with Crippen LogP contribution in [0.2, 0.25) is 19.6 Å². The molecule has 0 saturated heterocycles. The minimum atomic E-state index is -4.35. The molecule has 0 aliphatic carbocycles. The Morgan fingerprint density at radius 1 is 0.943 bits per heavy atom. The van der Waals surface area contributed by atoms with Gasteiger partial charge in [0.2, 0.25) is 0 Å². The lowest BCUT2D eigenvalue weighted by Crippen LogP contribution is -2.59. The molecule has 10 heteroatoms. The Labute approximate surface area is 207 Å². The Balaban J connectivity index is 2.31. The van der Waals surface area contributed by atoms with E-state index in [1.807, 2.05) is 50.0 Å². The summed E-state index contributed by atoms with van der Waals surface area (Å²) in [6.45, 7) is 8.74. The number of nitriles is 1. The Morgan fingerprint density at radius 3 is 1.86 bits per heavy atom. The maximum Gasteiger partial charge on any atom is 0.378 e. The van der Waals surface area contributed by atoms with Gasteiger partial charge in [-0.15, -0.1) is 0 Å². The molecule has 2 atom stereocenters. The molecule has 3 rings (SSSR count). The molecule has 0 bridgehead atoms. The lowest BCUT2D eigenvalue weighted by molar-refractivity contribution is 0.0284. The van der Waals surface area contributed by atoms with Gasteiger partial charge in [-0.25, -0.2) is 0 Å². The molecular formula is C25H31N2O6PSi. The molecule has 1 heterocycles. The fourth-order valence-electron chi connectivity index (χ4n) is 4.23. The summed E-state index contributed by atoms with van der Waals surface area (Å²) >= 11 is 0. The van der Waals surface area contributed by atoms with E-state index in [1.54, 1.807) is 38.1 Å². The van der Waals surface area contributed by atoms with Crippen LogP contribution in [-0.4, -0.2) is 49.6 Å². The smallest absolute Gasteiger partial charge is 0.378 e. The maximum atomic E-state index is 14.4. The number of rotatable bonds is 11. The normalized spacial score (nSPS) is 16.5. The summed E-state index contributed by atoms with van der Waals surface area (Å²) in [7, 11) is -6.99. The lowest BCUT2D eigenvalue weighted by atomic mass is 9.99. The first-order valence-corrected chi connectivity index (χ1v) is 16.5. The number of carbonyl (C=O) groups is 2. The fraction of sp³-hybridized carbons (Fsp3) is 0.400. The van der Waals surface area contributed by atoms with Crippen molar-refractivity contribution in [2.45, 2.75) is 51.3 Å². The second kappa shape index (κ2) is 10.6. The molecule has 2 aromatic carbocycles.